The number of pyridine rings is 1. The number of nitrogens with zero attached hydrogens (tertiary/aromatic N) is 2. The van der Waals surface area contributed by atoms with Gasteiger partial charge in [0.05, 0.1) is 17.4 Å². The third-order valence-corrected chi connectivity index (χ3v) is 4.56. The molecule has 11 heteroatoms. The first kappa shape index (κ1) is 24.2. The Morgan fingerprint density at radius 3 is 2.55 bits per heavy atom. The Balaban J connectivity index is 1.91. The number of hydrogen-bond acceptors (Lipinski definition) is 9. The zero-order valence-corrected chi connectivity index (χ0v) is 18.5. The first-order chi connectivity index (χ1) is 14.7. The largest absolute Gasteiger partial charge is 0.574 e. The number of esters is 1. The minimum absolute atomic E-state index is 0.0208. The van der Waals surface area contributed by atoms with Crippen molar-refractivity contribution in [3.8, 4) is 17.2 Å². The molecule has 0 aliphatic rings. The highest BCUT2D eigenvalue weighted by Crippen LogP contribution is 2.26. The quantitative estimate of drug-likeness (QED) is 0.242. The summed E-state index contributed by atoms with van der Waals surface area (Å²) >= 11 is 0. The number of benzene rings is 1. The van der Waals surface area contributed by atoms with Crippen LogP contribution in [0.25, 0.3) is 0 Å². The van der Waals surface area contributed by atoms with Crippen molar-refractivity contribution in [1.29, 1.82) is 0 Å². The molecule has 0 saturated carbocycles. The van der Waals surface area contributed by atoms with E-state index in [9.17, 15) is 19.6 Å². The molecule has 2 N–H and O–H groups in total. The molecule has 1 aromatic heterocycles. The second-order valence-corrected chi connectivity index (χ2v) is 7.63. The molecule has 0 amide bonds. The Morgan fingerprint density at radius 1 is 1.29 bits per heavy atom. The van der Waals surface area contributed by atoms with Crippen LogP contribution in [0.4, 0.5) is 0 Å². The Bertz CT molecular complexity index is 949. The van der Waals surface area contributed by atoms with E-state index in [1.54, 1.807) is 32.9 Å². The molecular formula is C20H24N3O7P. The molecule has 10 nitrogen and oxygen atoms in total. The van der Waals surface area contributed by atoms with E-state index < -0.39 is 20.2 Å². The van der Waals surface area contributed by atoms with E-state index in [0.717, 1.165) is 0 Å². The summed E-state index contributed by atoms with van der Waals surface area (Å²) in [5.41, 5.74) is 3.36. The maximum Gasteiger partial charge on any atom is 0.412 e. The van der Waals surface area contributed by atoms with Crippen molar-refractivity contribution < 1.29 is 33.6 Å². The van der Waals surface area contributed by atoms with Gasteiger partial charge in [0.2, 0.25) is 0 Å². The summed E-state index contributed by atoms with van der Waals surface area (Å²) in [5.74, 6) is 0.0468. The van der Waals surface area contributed by atoms with Crippen LogP contribution in [-0.2, 0) is 16.1 Å². The normalized spacial score (nSPS) is 12.4. The average molecular weight is 449 g/mol. The van der Waals surface area contributed by atoms with Crippen molar-refractivity contribution in [2.75, 3.05) is 0 Å². The topological polar surface area (TPSA) is 142 Å². The summed E-state index contributed by atoms with van der Waals surface area (Å²) in [6.45, 7) is 6.59. The average Bonchev–Trinajstić information content (AvgIpc) is 2.73. The number of aromatic nitrogens is 1. The molecule has 1 heterocycles. The van der Waals surface area contributed by atoms with Crippen LogP contribution in [-0.4, -0.2) is 34.5 Å². The molecule has 0 saturated heterocycles. The molecule has 31 heavy (non-hydrogen) atoms. The predicted octanol–water partition coefficient (Wildman–Crippen LogP) is 2.57. The summed E-state index contributed by atoms with van der Waals surface area (Å²) in [7, 11) is -2.46. The molecule has 166 valence electrons. The number of ether oxygens (including phenoxy) is 2. The zero-order chi connectivity index (χ0) is 23.0. The smallest absolute Gasteiger partial charge is 0.412 e. The van der Waals surface area contributed by atoms with Gasteiger partial charge < -0.3 is 19.5 Å². The number of rotatable bonds is 10. The van der Waals surface area contributed by atoms with Crippen LogP contribution < -0.4 is 19.6 Å². The fourth-order valence-corrected chi connectivity index (χ4v) is 2.90. The minimum Gasteiger partial charge on any atom is -0.574 e. The summed E-state index contributed by atoms with van der Waals surface area (Å²) in [6.07, 6.45) is 1.75. The second kappa shape index (κ2) is 11.4. The lowest BCUT2D eigenvalue weighted by Gasteiger charge is -2.11. The lowest BCUT2D eigenvalue weighted by Crippen LogP contribution is -2.33. The summed E-state index contributed by atoms with van der Waals surface area (Å²) < 4.78 is 15.8. The van der Waals surface area contributed by atoms with Gasteiger partial charge in [0.25, 0.3) is 0 Å². The molecule has 0 spiro atoms. The highest BCUT2D eigenvalue weighted by atomic mass is 31.1. The van der Waals surface area contributed by atoms with Gasteiger partial charge >= 0.3 is 14.1 Å². The van der Waals surface area contributed by atoms with E-state index in [2.05, 4.69) is 15.3 Å². The molecule has 0 bridgehead atoms. The molecular weight excluding hydrogens is 425 g/mol. The van der Waals surface area contributed by atoms with Crippen LogP contribution in [0.5, 0.6) is 17.2 Å². The van der Waals surface area contributed by atoms with Crippen LogP contribution in [0.15, 0.2) is 35.3 Å². The number of hydrogen-bond donors (Lipinski definition) is 2. The van der Waals surface area contributed by atoms with Crippen molar-refractivity contribution in [2.24, 2.45) is 4.85 Å². The van der Waals surface area contributed by atoms with E-state index in [4.69, 9.17) is 14.0 Å². The first-order valence-corrected chi connectivity index (χ1v) is 10.5. The van der Waals surface area contributed by atoms with Crippen LogP contribution in [0.1, 0.15) is 42.4 Å². The maximum atomic E-state index is 11.9. The number of carbonyl (C=O) groups excluding carboxylic acids is 2. The van der Waals surface area contributed by atoms with Gasteiger partial charge in [0, 0.05) is 16.6 Å². The molecule has 2 rings (SSSR count). The molecule has 2 unspecified atom stereocenters. The van der Waals surface area contributed by atoms with Gasteiger partial charge in [0.15, 0.2) is 12.0 Å². The fourth-order valence-electron chi connectivity index (χ4n) is 2.29. The Hall–Kier alpha value is -3.07. The van der Waals surface area contributed by atoms with E-state index in [0.29, 0.717) is 23.3 Å². The number of aldehydes is 1. The Morgan fingerprint density at radius 2 is 1.94 bits per heavy atom. The molecule has 0 aliphatic carbocycles. The van der Waals surface area contributed by atoms with Crippen molar-refractivity contribution in [1.82, 2.24) is 10.4 Å². The molecule has 0 fully saturated rings. The second-order valence-electron chi connectivity index (χ2n) is 6.77. The van der Waals surface area contributed by atoms with Gasteiger partial charge in [-0.2, -0.15) is 5.43 Å². The molecule has 2 atom stereocenters. The van der Waals surface area contributed by atoms with E-state index in [1.165, 1.54) is 25.3 Å². The molecule has 0 radical (unpaired) electrons. The van der Waals surface area contributed by atoms with Gasteiger partial charge in [-0.1, -0.05) is 0 Å². The monoisotopic (exact) mass is 449 g/mol. The molecule has 2 aromatic rings. The van der Waals surface area contributed by atoms with Gasteiger partial charge in [0.1, 0.15) is 24.1 Å². The third kappa shape index (κ3) is 7.29. The van der Waals surface area contributed by atoms with E-state index in [1.807, 2.05) is 0 Å². The standard InChI is InChI=1S/C20H24N3O7P/c1-12(2)29-20(26)14(4)22-23-31(27)30-17-7-5-16(6-8-17)28-11-15-9-21-13(3)19(25)18(15)10-24/h5-10,12,14,22,25H,11H2,1-4H3. The summed E-state index contributed by atoms with van der Waals surface area (Å²) in [6, 6.07) is 5.44. The summed E-state index contributed by atoms with van der Waals surface area (Å²) in [4.78, 5) is 42.5. The van der Waals surface area contributed by atoms with Crippen molar-refractivity contribution in [3.63, 3.8) is 0 Å². The van der Waals surface area contributed by atoms with Gasteiger partial charge in [-0.25, -0.2) is 0 Å². The lowest BCUT2D eigenvalue weighted by molar-refractivity contribution is -0.169. The van der Waals surface area contributed by atoms with Crippen LogP contribution in [0, 0.1) is 6.92 Å². The van der Waals surface area contributed by atoms with E-state index in [-0.39, 0.29) is 29.8 Å². The van der Waals surface area contributed by atoms with Gasteiger partial charge in [-0.3, -0.25) is 19.1 Å². The highest BCUT2D eigenvalue weighted by Gasteiger charge is 2.17. The maximum absolute atomic E-state index is 11.9. The number of aryl methyl sites for hydroxylation is 1. The minimum atomic E-state index is -2.46. The number of aromatic hydroxyl groups is 1. The fraction of sp³-hybridized carbons (Fsp3) is 0.350. The van der Waals surface area contributed by atoms with E-state index >= 15 is 0 Å². The van der Waals surface area contributed by atoms with Gasteiger partial charge in [-0.15, -0.1) is 0 Å². The first-order valence-electron chi connectivity index (χ1n) is 9.38. The highest BCUT2D eigenvalue weighted by molar-refractivity contribution is 7.33. The summed E-state index contributed by atoms with van der Waals surface area (Å²) in [5, 5.41) is 9.91. The van der Waals surface area contributed by atoms with Crippen molar-refractivity contribution in [3.05, 3.63) is 47.3 Å². The zero-order valence-electron chi connectivity index (χ0n) is 17.6. The van der Waals surface area contributed by atoms with Crippen LogP contribution >= 0.6 is 8.17 Å². The van der Waals surface area contributed by atoms with Gasteiger partial charge in [-0.05, 0) is 52.0 Å². The van der Waals surface area contributed by atoms with Crippen LogP contribution in [0.2, 0.25) is 0 Å². The number of carbonyl (C=O) groups is 2. The predicted molar refractivity (Wildman–Crippen MR) is 111 cm³/mol. The molecule has 0 aliphatic heterocycles. The lowest BCUT2D eigenvalue weighted by atomic mass is 10.1. The SMILES string of the molecule is Cc1ncc(COc2ccc(O/[P+]([O-])=N/NC(C)C(=O)OC(C)C)cc2)c(C=O)c1O. The Kier molecular flexibility index (Phi) is 8.87. The van der Waals surface area contributed by atoms with Crippen molar-refractivity contribution in [2.45, 2.75) is 46.4 Å². The van der Waals surface area contributed by atoms with Crippen molar-refractivity contribution >= 4 is 20.4 Å². The molecule has 1 aromatic carbocycles. The Labute approximate surface area is 180 Å². The third-order valence-electron chi connectivity index (χ3n) is 3.92. The number of nitrogens with one attached hydrogen (secondary N) is 1. The van der Waals surface area contributed by atoms with Crippen LogP contribution in [0.3, 0.4) is 0 Å².